The third-order valence-corrected chi connectivity index (χ3v) is 9.23. The second kappa shape index (κ2) is 14.8. The summed E-state index contributed by atoms with van der Waals surface area (Å²) in [5.41, 5.74) is 2.64. The fourth-order valence-corrected chi connectivity index (χ4v) is 6.13. The van der Waals surface area contributed by atoms with E-state index in [0.29, 0.717) is 11.4 Å². The highest BCUT2D eigenvalue weighted by Gasteiger charge is 2.31. The number of hydrogen-bond acceptors (Lipinski definition) is 14. The molecule has 0 bridgehead atoms. The van der Waals surface area contributed by atoms with Crippen LogP contribution in [0.4, 0.5) is 34.6 Å². The maximum Gasteiger partial charge on any atom is 0.335 e. The van der Waals surface area contributed by atoms with Gasteiger partial charge >= 0.3 is 5.97 Å². The van der Waals surface area contributed by atoms with Crippen molar-refractivity contribution in [1.29, 1.82) is 0 Å². The number of para-hydroxylation sites is 1. The van der Waals surface area contributed by atoms with Crippen LogP contribution in [0.15, 0.2) is 111 Å². The lowest BCUT2D eigenvalue weighted by Gasteiger charge is -2.18. The van der Waals surface area contributed by atoms with Crippen LogP contribution in [0.25, 0.3) is 6.08 Å². The minimum atomic E-state index is -4.84. The zero-order chi connectivity index (χ0) is 38.8. The van der Waals surface area contributed by atoms with Crippen LogP contribution in [-0.4, -0.2) is 69.4 Å². The summed E-state index contributed by atoms with van der Waals surface area (Å²) in [4.78, 5) is 49.7. The van der Waals surface area contributed by atoms with Gasteiger partial charge in [0.25, 0.3) is 26.1 Å². The number of fused-ring (bicyclic) bond motifs is 1. The first-order chi connectivity index (χ1) is 25.5. The number of Topliss-reactive ketones (excluding diaryl/α,β-unsaturated/α-hetero) is 1. The first kappa shape index (κ1) is 37.2. The number of carbonyl (C=O) groups excluding carboxylic acids is 2. The van der Waals surface area contributed by atoms with Crippen molar-refractivity contribution in [2.75, 3.05) is 21.4 Å². The van der Waals surface area contributed by atoms with E-state index >= 15 is 0 Å². The zero-order valence-electron chi connectivity index (χ0n) is 26.9. The number of aromatic nitrogens is 3. The fourth-order valence-electron chi connectivity index (χ4n) is 4.94. The average Bonchev–Trinajstić information content (AvgIpc) is 3.10. The molecule has 1 amide bonds. The third-order valence-electron chi connectivity index (χ3n) is 7.36. The van der Waals surface area contributed by atoms with Gasteiger partial charge < -0.3 is 21.1 Å². The van der Waals surface area contributed by atoms with Gasteiger partial charge in [-0.1, -0.05) is 24.3 Å². The largest absolute Gasteiger partial charge is 0.478 e. The molecular weight excluding hydrogens is 768 g/mol. The second-order valence-electron chi connectivity index (χ2n) is 11.1. The zero-order valence-corrected chi connectivity index (χ0v) is 29.3. The minimum Gasteiger partial charge on any atom is -0.478 e. The Balaban J connectivity index is 1.32. The Morgan fingerprint density at radius 3 is 1.96 bits per heavy atom. The van der Waals surface area contributed by atoms with E-state index in [0.717, 1.165) is 24.3 Å². The summed E-state index contributed by atoms with van der Waals surface area (Å²) in [6, 6.07) is 20.3. The van der Waals surface area contributed by atoms with Crippen molar-refractivity contribution in [3.8, 4) is 0 Å². The molecule has 274 valence electrons. The molecule has 54 heavy (non-hydrogen) atoms. The molecule has 0 fully saturated rings. The SMILES string of the molecule is O=C(Nc1ccccc1)C1=Cc2cc(C(=O)O)ccc2/C(=N/Nc2cc(Nc3nc(Cl)nc(Nc4ccc(S(=O)(=O)O)cc4)n3)cc(S(=O)(=O)O)c2)C1=O. The Labute approximate surface area is 310 Å². The number of carboxylic acid groups (broad SMARTS) is 1. The molecule has 0 spiro atoms. The number of nitrogens with one attached hydrogen (secondary N) is 4. The van der Waals surface area contributed by atoms with E-state index in [4.69, 9.17) is 11.6 Å². The van der Waals surface area contributed by atoms with Gasteiger partial charge in [0.2, 0.25) is 23.0 Å². The number of anilines is 6. The Bertz CT molecular complexity index is 2640. The van der Waals surface area contributed by atoms with Crippen LogP contribution in [-0.2, 0) is 29.8 Å². The van der Waals surface area contributed by atoms with Gasteiger partial charge in [0.15, 0.2) is 0 Å². The maximum atomic E-state index is 13.7. The Kier molecular flexibility index (Phi) is 10.2. The number of rotatable bonds is 11. The summed E-state index contributed by atoms with van der Waals surface area (Å²) in [5.74, 6) is -3.25. The van der Waals surface area contributed by atoms with Gasteiger partial charge in [-0.05, 0) is 90.0 Å². The molecule has 4 aromatic carbocycles. The van der Waals surface area contributed by atoms with Crippen LogP contribution in [0, 0.1) is 0 Å². The van der Waals surface area contributed by atoms with Gasteiger partial charge in [0.05, 0.1) is 26.6 Å². The summed E-state index contributed by atoms with van der Waals surface area (Å²) in [6.07, 6.45) is 1.24. The number of hydrazone groups is 1. The molecule has 0 saturated heterocycles. The van der Waals surface area contributed by atoms with E-state index in [1.54, 1.807) is 30.3 Å². The molecule has 0 aliphatic heterocycles. The minimum absolute atomic E-state index is 0.0390. The van der Waals surface area contributed by atoms with Crippen molar-refractivity contribution in [2.24, 2.45) is 5.10 Å². The van der Waals surface area contributed by atoms with E-state index in [2.05, 4.69) is 41.4 Å². The van der Waals surface area contributed by atoms with E-state index in [9.17, 15) is 45.4 Å². The highest BCUT2D eigenvalue weighted by atomic mass is 35.5. The predicted octanol–water partition coefficient (Wildman–Crippen LogP) is 4.62. The molecule has 0 radical (unpaired) electrons. The van der Waals surface area contributed by atoms with E-state index in [-0.39, 0.29) is 61.4 Å². The number of benzene rings is 4. The summed E-state index contributed by atoms with van der Waals surface area (Å²) in [5, 5.41) is 21.5. The maximum absolute atomic E-state index is 13.7. The summed E-state index contributed by atoms with van der Waals surface area (Å²) >= 11 is 6.08. The number of nitrogens with zero attached hydrogens (tertiary/aromatic N) is 4. The molecule has 21 heteroatoms. The summed E-state index contributed by atoms with van der Waals surface area (Å²) in [7, 11) is -9.28. The quantitative estimate of drug-likeness (QED) is 0.0546. The number of aromatic carboxylic acids is 1. The molecule has 1 aliphatic rings. The van der Waals surface area contributed by atoms with Crippen molar-refractivity contribution in [3.63, 3.8) is 0 Å². The van der Waals surface area contributed by atoms with Crippen molar-refractivity contribution in [2.45, 2.75) is 9.79 Å². The monoisotopic (exact) mass is 790 g/mol. The lowest BCUT2D eigenvalue weighted by atomic mass is 9.88. The van der Waals surface area contributed by atoms with Crippen LogP contribution in [0.2, 0.25) is 5.28 Å². The molecule has 0 atom stereocenters. The van der Waals surface area contributed by atoms with Gasteiger partial charge in [-0.25, -0.2) is 4.79 Å². The molecule has 7 N–H and O–H groups in total. The van der Waals surface area contributed by atoms with Crippen molar-refractivity contribution in [3.05, 3.63) is 119 Å². The topological polar surface area (TPSA) is 279 Å². The van der Waals surface area contributed by atoms with Crippen LogP contribution in [0.1, 0.15) is 21.5 Å². The van der Waals surface area contributed by atoms with Crippen LogP contribution in [0.5, 0.6) is 0 Å². The smallest absolute Gasteiger partial charge is 0.335 e. The summed E-state index contributed by atoms with van der Waals surface area (Å²) < 4.78 is 66.3. The number of ketones is 1. The first-order valence-electron chi connectivity index (χ1n) is 15.0. The van der Waals surface area contributed by atoms with Gasteiger partial charge in [-0.2, -0.15) is 36.9 Å². The predicted molar refractivity (Wildman–Crippen MR) is 196 cm³/mol. The summed E-state index contributed by atoms with van der Waals surface area (Å²) in [6.45, 7) is 0. The Morgan fingerprint density at radius 2 is 1.33 bits per heavy atom. The Hall–Kier alpha value is -6.58. The average molecular weight is 791 g/mol. The molecule has 18 nitrogen and oxygen atoms in total. The number of carbonyl (C=O) groups is 3. The molecule has 1 aromatic heterocycles. The molecule has 1 aliphatic carbocycles. The molecule has 0 saturated carbocycles. The van der Waals surface area contributed by atoms with Gasteiger partial charge in [0.1, 0.15) is 5.71 Å². The lowest BCUT2D eigenvalue weighted by molar-refractivity contribution is -0.116. The Morgan fingerprint density at radius 1 is 0.704 bits per heavy atom. The normalized spacial score (nSPS) is 13.4. The molecule has 5 aromatic rings. The molecule has 6 rings (SSSR count). The lowest BCUT2D eigenvalue weighted by Crippen LogP contribution is -2.30. The van der Waals surface area contributed by atoms with Crippen LogP contribution >= 0.6 is 11.6 Å². The number of carboxylic acids is 1. The molecule has 1 heterocycles. The second-order valence-corrected chi connectivity index (χ2v) is 14.3. The van der Waals surface area contributed by atoms with E-state index < -0.39 is 42.8 Å². The van der Waals surface area contributed by atoms with E-state index in [1.807, 2.05) is 0 Å². The van der Waals surface area contributed by atoms with E-state index in [1.165, 1.54) is 42.5 Å². The van der Waals surface area contributed by atoms with Crippen molar-refractivity contribution < 1.29 is 45.4 Å². The first-order valence-corrected chi connectivity index (χ1v) is 18.3. The van der Waals surface area contributed by atoms with Crippen LogP contribution in [0.3, 0.4) is 0 Å². The highest BCUT2D eigenvalue weighted by molar-refractivity contribution is 7.86. The third kappa shape index (κ3) is 8.71. The van der Waals surface area contributed by atoms with Gasteiger partial charge in [-0.3, -0.25) is 24.1 Å². The van der Waals surface area contributed by atoms with Crippen molar-refractivity contribution >= 4 is 95.9 Å². The molecule has 0 unspecified atom stereocenters. The van der Waals surface area contributed by atoms with Gasteiger partial charge in [-0.15, -0.1) is 0 Å². The molecular formula is C33H23ClN8O10S2. The van der Waals surface area contributed by atoms with Gasteiger partial charge in [0, 0.05) is 22.6 Å². The van der Waals surface area contributed by atoms with Crippen molar-refractivity contribution in [1.82, 2.24) is 15.0 Å². The number of hydrogen-bond donors (Lipinski definition) is 7. The van der Waals surface area contributed by atoms with Crippen LogP contribution < -0.4 is 21.4 Å². The fraction of sp³-hybridized carbons (Fsp3) is 0. The number of amides is 1. The number of halogens is 1. The standard InChI is InChI=1S/C33H23ClN8O10S2/c34-31-38-32(36-20-7-9-23(10-8-20)53(47,48)49)40-33(39-31)37-21-14-22(16-24(15-21)54(50,51)52)41-42-27-25-11-6-17(30(45)46)12-18(25)13-26(28(27)43)29(44)35-19-4-2-1-3-5-19/h1-16,41H,(H,35,44)(H,45,46)(H,47,48,49)(H,50,51,52)(H2,36,37,38,39,40)/b42-27-. The highest BCUT2D eigenvalue weighted by Crippen LogP contribution is 2.28.